The summed E-state index contributed by atoms with van der Waals surface area (Å²) in [6.45, 7) is 1.71. The first-order chi connectivity index (χ1) is 11.1. The Balaban J connectivity index is 2.38. The van der Waals surface area contributed by atoms with Crippen LogP contribution in [0.2, 0.25) is 0 Å². The average molecular weight is 352 g/mol. The summed E-state index contributed by atoms with van der Waals surface area (Å²) < 4.78 is 11.5. The first-order valence-electron chi connectivity index (χ1n) is 7.04. The van der Waals surface area contributed by atoms with E-state index in [1.54, 1.807) is 19.1 Å². The van der Waals surface area contributed by atoms with Gasteiger partial charge in [0.15, 0.2) is 5.78 Å². The summed E-state index contributed by atoms with van der Waals surface area (Å²) >= 11 is 0. The highest BCUT2D eigenvalue weighted by atomic mass is 31.2. The van der Waals surface area contributed by atoms with Gasteiger partial charge in [-0.25, -0.2) is 0 Å². The molecule has 1 unspecified atom stereocenters. The van der Waals surface area contributed by atoms with Gasteiger partial charge in [-0.1, -0.05) is 19.1 Å². The molecule has 2 rings (SSSR count). The predicted molar refractivity (Wildman–Crippen MR) is 86.9 cm³/mol. The Morgan fingerprint density at radius 3 is 2.33 bits per heavy atom. The molecule has 2 aromatic carbocycles. The minimum absolute atomic E-state index is 0.0372. The standard InChI is InChI=1S/C16H17O7P/c1-9(10-3-2-4-11(17)6-10)5-13(19)16-14(20)7-12(18)8-15(16)24(21,22)23/h2-4,6-9,17-18,20H,5H2,1H3,(H2,21,22,23). The molecule has 5 N–H and O–H groups in total. The average Bonchev–Trinajstić information content (AvgIpc) is 2.45. The van der Waals surface area contributed by atoms with Gasteiger partial charge in [-0.15, -0.1) is 0 Å². The Bertz CT molecular complexity index is 825. The van der Waals surface area contributed by atoms with Crippen molar-refractivity contribution in [2.45, 2.75) is 19.3 Å². The highest BCUT2D eigenvalue weighted by molar-refractivity contribution is 7.60. The van der Waals surface area contributed by atoms with Crippen LogP contribution in [0.1, 0.15) is 35.2 Å². The van der Waals surface area contributed by atoms with Gasteiger partial charge < -0.3 is 25.1 Å². The van der Waals surface area contributed by atoms with Crippen molar-refractivity contribution in [3.8, 4) is 17.2 Å². The van der Waals surface area contributed by atoms with E-state index >= 15 is 0 Å². The second-order valence-corrected chi connectivity index (χ2v) is 7.10. The predicted octanol–water partition coefficient (Wildman–Crippen LogP) is 1.98. The number of hydrogen-bond acceptors (Lipinski definition) is 5. The van der Waals surface area contributed by atoms with Gasteiger partial charge in [0, 0.05) is 12.5 Å². The highest BCUT2D eigenvalue weighted by Gasteiger charge is 2.29. The van der Waals surface area contributed by atoms with Crippen LogP contribution < -0.4 is 5.30 Å². The van der Waals surface area contributed by atoms with Crippen LogP contribution in [0.3, 0.4) is 0 Å². The van der Waals surface area contributed by atoms with Gasteiger partial charge in [0.05, 0.1) is 10.9 Å². The normalized spacial score (nSPS) is 12.8. The van der Waals surface area contributed by atoms with Crippen molar-refractivity contribution in [1.82, 2.24) is 0 Å². The summed E-state index contributed by atoms with van der Waals surface area (Å²) in [6.07, 6.45) is -0.144. The molecule has 0 radical (unpaired) electrons. The second kappa shape index (κ2) is 6.65. The van der Waals surface area contributed by atoms with E-state index in [2.05, 4.69) is 0 Å². The van der Waals surface area contributed by atoms with E-state index in [4.69, 9.17) is 0 Å². The molecule has 128 valence electrons. The van der Waals surface area contributed by atoms with Gasteiger partial charge in [-0.2, -0.15) is 0 Å². The molecule has 2 aromatic rings. The van der Waals surface area contributed by atoms with Crippen LogP contribution in [0.4, 0.5) is 0 Å². The number of rotatable bonds is 5. The molecule has 0 heterocycles. The van der Waals surface area contributed by atoms with Gasteiger partial charge in [-0.3, -0.25) is 9.36 Å². The van der Waals surface area contributed by atoms with Crippen LogP contribution >= 0.6 is 7.60 Å². The number of hydrogen-bond donors (Lipinski definition) is 5. The van der Waals surface area contributed by atoms with E-state index < -0.39 is 35.7 Å². The summed E-state index contributed by atoms with van der Waals surface area (Å²) in [5, 5.41) is 28.0. The molecular formula is C16H17O7P. The van der Waals surface area contributed by atoms with Crippen LogP contribution in [0, 0.1) is 0 Å². The van der Waals surface area contributed by atoms with Crippen molar-refractivity contribution in [2.75, 3.05) is 0 Å². The lowest BCUT2D eigenvalue weighted by molar-refractivity contribution is 0.0973. The number of ketones is 1. The largest absolute Gasteiger partial charge is 0.508 e. The lowest BCUT2D eigenvalue weighted by atomic mass is 9.92. The van der Waals surface area contributed by atoms with Gasteiger partial charge in [0.25, 0.3) is 0 Å². The molecule has 0 aromatic heterocycles. The minimum atomic E-state index is -4.87. The third-order valence-corrected chi connectivity index (χ3v) is 4.59. The van der Waals surface area contributed by atoms with Gasteiger partial charge in [-0.05, 0) is 29.7 Å². The van der Waals surface area contributed by atoms with E-state index in [0.29, 0.717) is 5.56 Å². The fourth-order valence-electron chi connectivity index (χ4n) is 2.44. The first kappa shape index (κ1) is 18.0. The quantitative estimate of drug-likeness (QED) is 0.410. The van der Waals surface area contributed by atoms with Gasteiger partial charge in [0.1, 0.15) is 17.2 Å². The Morgan fingerprint density at radius 2 is 1.75 bits per heavy atom. The number of carbonyl (C=O) groups excluding carboxylic acids is 1. The summed E-state index contributed by atoms with van der Waals surface area (Å²) in [7, 11) is -4.87. The Kier molecular flexibility index (Phi) is 4.99. The van der Waals surface area contributed by atoms with Crippen LogP contribution in [0.25, 0.3) is 0 Å². The lowest BCUT2D eigenvalue weighted by Gasteiger charge is -2.15. The third kappa shape index (κ3) is 3.94. The summed E-state index contributed by atoms with van der Waals surface area (Å²) in [5.74, 6) is -2.25. The zero-order chi connectivity index (χ0) is 18.1. The molecule has 0 saturated carbocycles. The first-order valence-corrected chi connectivity index (χ1v) is 8.65. The maximum atomic E-state index is 12.5. The highest BCUT2D eigenvalue weighted by Crippen LogP contribution is 2.40. The number of Topliss-reactive ketones (excluding diaryl/α,β-unsaturated/α-hetero) is 1. The second-order valence-electron chi connectivity index (χ2n) is 5.53. The number of phenolic OH excluding ortho intramolecular Hbond substituents is 3. The fourth-order valence-corrected chi connectivity index (χ4v) is 3.27. The van der Waals surface area contributed by atoms with Crippen molar-refractivity contribution < 1.29 is 34.5 Å². The van der Waals surface area contributed by atoms with E-state index in [9.17, 15) is 34.5 Å². The molecule has 0 aliphatic rings. The summed E-state index contributed by atoms with van der Waals surface area (Å²) in [4.78, 5) is 31.2. The molecule has 0 aliphatic carbocycles. The van der Waals surface area contributed by atoms with Gasteiger partial charge >= 0.3 is 7.60 Å². The number of aromatic hydroxyl groups is 3. The van der Waals surface area contributed by atoms with Crippen molar-refractivity contribution in [2.24, 2.45) is 0 Å². The van der Waals surface area contributed by atoms with Crippen molar-refractivity contribution in [3.63, 3.8) is 0 Å². The van der Waals surface area contributed by atoms with Crippen molar-refractivity contribution in [3.05, 3.63) is 47.5 Å². The lowest BCUT2D eigenvalue weighted by Crippen LogP contribution is -2.18. The fraction of sp³-hybridized carbons (Fsp3) is 0.188. The van der Waals surface area contributed by atoms with Crippen molar-refractivity contribution >= 4 is 18.7 Å². The molecule has 0 saturated heterocycles. The SMILES string of the molecule is CC(CC(=O)c1c(O)cc(O)cc1P(=O)(O)O)c1cccc(O)c1. The molecule has 7 nitrogen and oxygen atoms in total. The van der Waals surface area contributed by atoms with Crippen LogP contribution in [-0.4, -0.2) is 30.9 Å². The Morgan fingerprint density at radius 1 is 1.08 bits per heavy atom. The van der Waals surface area contributed by atoms with Gasteiger partial charge in [0.2, 0.25) is 0 Å². The number of phenols is 3. The summed E-state index contributed by atoms with van der Waals surface area (Å²) in [6, 6.07) is 7.91. The van der Waals surface area contributed by atoms with Crippen LogP contribution in [0.15, 0.2) is 36.4 Å². The molecule has 0 fully saturated rings. The van der Waals surface area contributed by atoms with E-state index in [1.807, 2.05) is 0 Å². The molecule has 0 bridgehead atoms. The number of benzene rings is 2. The third-order valence-electron chi connectivity index (χ3n) is 3.60. The molecule has 0 aliphatic heterocycles. The van der Waals surface area contributed by atoms with Crippen LogP contribution in [0.5, 0.6) is 17.2 Å². The zero-order valence-electron chi connectivity index (χ0n) is 12.7. The maximum Gasteiger partial charge on any atom is 0.357 e. The smallest absolute Gasteiger partial charge is 0.357 e. The zero-order valence-corrected chi connectivity index (χ0v) is 13.6. The topological polar surface area (TPSA) is 135 Å². The molecule has 24 heavy (non-hydrogen) atoms. The monoisotopic (exact) mass is 352 g/mol. The van der Waals surface area contributed by atoms with Crippen LogP contribution in [-0.2, 0) is 4.57 Å². The maximum absolute atomic E-state index is 12.5. The van der Waals surface area contributed by atoms with Crippen molar-refractivity contribution in [1.29, 1.82) is 0 Å². The minimum Gasteiger partial charge on any atom is -0.508 e. The Hall–Kier alpha value is -2.34. The molecular weight excluding hydrogens is 335 g/mol. The molecule has 8 heteroatoms. The van der Waals surface area contributed by atoms with E-state index in [1.165, 1.54) is 12.1 Å². The summed E-state index contributed by atoms with van der Waals surface area (Å²) in [5.41, 5.74) is 0.160. The molecule has 0 amide bonds. The molecule has 0 spiro atoms. The molecule has 1 atom stereocenters. The Labute approximate surface area is 138 Å². The van der Waals surface area contributed by atoms with E-state index in [0.717, 1.165) is 12.1 Å². The van der Waals surface area contributed by atoms with E-state index in [-0.39, 0.29) is 18.1 Å². The number of carbonyl (C=O) groups is 1.